The summed E-state index contributed by atoms with van der Waals surface area (Å²) in [6, 6.07) is 2.97. The third-order valence-electron chi connectivity index (χ3n) is 5.76. The van der Waals surface area contributed by atoms with Crippen LogP contribution >= 0.6 is 0 Å². The van der Waals surface area contributed by atoms with Crippen molar-refractivity contribution in [2.24, 2.45) is 14.1 Å². The molecule has 33 heavy (non-hydrogen) atoms. The Morgan fingerprint density at radius 3 is 2.36 bits per heavy atom. The first-order chi connectivity index (χ1) is 15.4. The molecule has 0 saturated carbocycles. The number of hydrogen-bond acceptors (Lipinski definition) is 6. The summed E-state index contributed by atoms with van der Waals surface area (Å²) < 4.78 is 30.8. The summed E-state index contributed by atoms with van der Waals surface area (Å²) in [4.78, 5) is 42.5. The molecule has 12 heteroatoms. The molecule has 0 atom stereocenters. The molecule has 0 radical (unpaired) electrons. The highest BCUT2D eigenvalue weighted by Gasteiger charge is 2.24. The van der Waals surface area contributed by atoms with E-state index < -0.39 is 33.7 Å². The second-order valence-electron chi connectivity index (χ2n) is 7.81. The van der Waals surface area contributed by atoms with Crippen LogP contribution in [-0.2, 0) is 35.5 Å². The molecule has 11 nitrogen and oxygen atoms in total. The molecule has 0 unspecified atom stereocenters. The first kappa shape index (κ1) is 24.4. The van der Waals surface area contributed by atoms with Crippen LogP contribution in [0.3, 0.4) is 0 Å². The molecule has 0 saturated heterocycles. The SMILES string of the molecule is CCN(CC)S(=O)(=O)c1cc(C)c(C)c(NC(=O)Cn2c(=O)c3c(ncn3C)n(C)c2=O)c1. The van der Waals surface area contributed by atoms with Crippen molar-refractivity contribution in [1.29, 1.82) is 0 Å². The van der Waals surface area contributed by atoms with Gasteiger partial charge < -0.3 is 9.88 Å². The predicted molar refractivity (Wildman–Crippen MR) is 125 cm³/mol. The number of rotatable bonds is 7. The van der Waals surface area contributed by atoms with Gasteiger partial charge in [0.15, 0.2) is 11.2 Å². The van der Waals surface area contributed by atoms with Gasteiger partial charge in [0, 0.05) is 32.9 Å². The largest absolute Gasteiger partial charge is 0.332 e. The molecule has 3 aromatic rings. The van der Waals surface area contributed by atoms with Gasteiger partial charge in [-0.15, -0.1) is 0 Å². The minimum Gasteiger partial charge on any atom is -0.328 e. The van der Waals surface area contributed by atoms with Crippen LogP contribution in [0.5, 0.6) is 0 Å². The van der Waals surface area contributed by atoms with Crippen LogP contribution in [-0.4, -0.2) is 50.4 Å². The summed E-state index contributed by atoms with van der Waals surface area (Å²) in [5, 5.41) is 2.67. The number of nitrogens with zero attached hydrogens (tertiary/aromatic N) is 5. The lowest BCUT2D eigenvalue weighted by Crippen LogP contribution is -2.42. The summed E-state index contributed by atoms with van der Waals surface area (Å²) in [5.41, 5.74) is 0.791. The molecule has 0 bridgehead atoms. The molecule has 0 aliphatic heterocycles. The Kier molecular flexibility index (Phi) is 6.61. The zero-order valence-corrected chi connectivity index (χ0v) is 20.4. The highest BCUT2D eigenvalue weighted by Crippen LogP contribution is 2.26. The maximum Gasteiger partial charge on any atom is 0.332 e. The van der Waals surface area contributed by atoms with Crippen LogP contribution in [0, 0.1) is 13.8 Å². The number of imidazole rings is 1. The molecule has 0 fully saturated rings. The number of fused-ring (bicyclic) bond motifs is 1. The van der Waals surface area contributed by atoms with E-state index in [2.05, 4.69) is 10.3 Å². The fraction of sp³-hybridized carbons (Fsp3) is 0.429. The molecule has 1 aromatic carbocycles. The first-order valence-corrected chi connectivity index (χ1v) is 11.9. The maximum absolute atomic E-state index is 13.0. The van der Waals surface area contributed by atoms with Gasteiger partial charge in [0.05, 0.1) is 11.2 Å². The third-order valence-corrected chi connectivity index (χ3v) is 7.79. The molecule has 0 aliphatic rings. The first-order valence-electron chi connectivity index (χ1n) is 10.5. The second-order valence-corrected chi connectivity index (χ2v) is 9.75. The molecule has 3 rings (SSSR count). The zero-order chi connectivity index (χ0) is 24.7. The lowest BCUT2D eigenvalue weighted by atomic mass is 10.1. The number of anilines is 1. The monoisotopic (exact) mass is 476 g/mol. The quantitative estimate of drug-likeness (QED) is 0.535. The van der Waals surface area contributed by atoms with Crippen LogP contribution in [0.2, 0.25) is 0 Å². The number of carbonyl (C=O) groups is 1. The van der Waals surface area contributed by atoms with Crippen molar-refractivity contribution in [2.45, 2.75) is 39.1 Å². The van der Waals surface area contributed by atoms with E-state index in [1.165, 1.54) is 32.9 Å². The average Bonchev–Trinajstić information content (AvgIpc) is 3.15. The van der Waals surface area contributed by atoms with Crippen molar-refractivity contribution in [3.8, 4) is 0 Å². The van der Waals surface area contributed by atoms with Crippen molar-refractivity contribution in [3.05, 3.63) is 50.4 Å². The Morgan fingerprint density at radius 2 is 1.76 bits per heavy atom. The molecule has 1 N–H and O–H groups in total. The van der Waals surface area contributed by atoms with Crippen LogP contribution in [0.4, 0.5) is 5.69 Å². The number of benzene rings is 1. The lowest BCUT2D eigenvalue weighted by Gasteiger charge is -2.20. The van der Waals surface area contributed by atoms with Crippen LogP contribution in [0.15, 0.2) is 32.9 Å². The third kappa shape index (κ3) is 4.23. The Morgan fingerprint density at radius 1 is 1.12 bits per heavy atom. The van der Waals surface area contributed by atoms with Gasteiger partial charge >= 0.3 is 5.69 Å². The van der Waals surface area contributed by atoms with Gasteiger partial charge in [-0.1, -0.05) is 13.8 Å². The summed E-state index contributed by atoms with van der Waals surface area (Å²) in [7, 11) is -0.638. The van der Waals surface area contributed by atoms with Gasteiger partial charge in [0.2, 0.25) is 15.9 Å². The number of carbonyl (C=O) groups excluding carboxylic acids is 1. The van der Waals surface area contributed by atoms with E-state index in [0.29, 0.717) is 29.9 Å². The Balaban J connectivity index is 2.00. The summed E-state index contributed by atoms with van der Waals surface area (Å²) in [5.74, 6) is -0.629. The number of hydrogen-bond donors (Lipinski definition) is 1. The van der Waals surface area contributed by atoms with E-state index >= 15 is 0 Å². The van der Waals surface area contributed by atoms with Gasteiger partial charge in [-0.05, 0) is 37.1 Å². The zero-order valence-electron chi connectivity index (χ0n) is 19.5. The molecule has 178 valence electrons. The molecule has 0 aliphatic carbocycles. The van der Waals surface area contributed by atoms with E-state index in [9.17, 15) is 22.8 Å². The molecule has 1 amide bonds. The summed E-state index contributed by atoms with van der Waals surface area (Å²) >= 11 is 0. The van der Waals surface area contributed by atoms with E-state index in [1.54, 1.807) is 40.8 Å². The second kappa shape index (κ2) is 8.94. The Hall–Kier alpha value is -3.25. The van der Waals surface area contributed by atoms with Gasteiger partial charge in [0.25, 0.3) is 5.56 Å². The van der Waals surface area contributed by atoms with Gasteiger partial charge in [-0.3, -0.25) is 14.2 Å². The van der Waals surface area contributed by atoms with Gasteiger partial charge in [-0.25, -0.2) is 22.8 Å². The molecule has 2 aromatic heterocycles. The molecule has 2 heterocycles. The van der Waals surface area contributed by atoms with Crippen molar-refractivity contribution in [2.75, 3.05) is 18.4 Å². The average molecular weight is 477 g/mol. The van der Waals surface area contributed by atoms with Gasteiger partial charge in [0.1, 0.15) is 6.54 Å². The normalized spacial score (nSPS) is 12.0. The lowest BCUT2D eigenvalue weighted by molar-refractivity contribution is -0.116. The number of amides is 1. The summed E-state index contributed by atoms with van der Waals surface area (Å²) in [6.07, 6.45) is 1.42. The molecular weight excluding hydrogens is 448 g/mol. The van der Waals surface area contributed by atoms with E-state index in [0.717, 1.165) is 4.57 Å². The van der Waals surface area contributed by atoms with E-state index in [1.807, 2.05) is 0 Å². The van der Waals surface area contributed by atoms with Crippen molar-refractivity contribution in [1.82, 2.24) is 23.0 Å². The highest BCUT2D eigenvalue weighted by atomic mass is 32.2. The fourth-order valence-electron chi connectivity index (χ4n) is 3.69. The minimum atomic E-state index is -3.74. The predicted octanol–water partition coefficient (Wildman–Crippen LogP) is 0.720. The topological polar surface area (TPSA) is 128 Å². The minimum absolute atomic E-state index is 0.0639. The van der Waals surface area contributed by atoms with Crippen molar-refractivity contribution in [3.63, 3.8) is 0 Å². The van der Waals surface area contributed by atoms with E-state index in [4.69, 9.17) is 0 Å². The highest BCUT2D eigenvalue weighted by molar-refractivity contribution is 7.89. The van der Waals surface area contributed by atoms with Gasteiger partial charge in [-0.2, -0.15) is 4.31 Å². The van der Waals surface area contributed by atoms with Crippen molar-refractivity contribution < 1.29 is 13.2 Å². The number of sulfonamides is 1. The Bertz CT molecular complexity index is 1460. The van der Waals surface area contributed by atoms with Crippen LogP contribution < -0.4 is 16.6 Å². The number of nitrogens with one attached hydrogen (secondary N) is 1. The van der Waals surface area contributed by atoms with E-state index in [-0.39, 0.29) is 16.1 Å². The summed E-state index contributed by atoms with van der Waals surface area (Å²) in [6.45, 7) is 7.11. The number of aromatic nitrogens is 4. The van der Waals surface area contributed by atoms with Crippen molar-refractivity contribution >= 4 is 32.8 Å². The molecular formula is C21H28N6O5S. The fourth-order valence-corrected chi connectivity index (χ4v) is 5.26. The standard InChI is InChI=1S/C21H28N6O5S/c1-7-26(8-2)33(31,32)15-9-13(3)14(4)16(10-15)23-17(28)11-27-20(29)18-19(22-12-24(18)5)25(6)21(27)30/h9-10,12H,7-8,11H2,1-6H3,(H,23,28). The smallest absolute Gasteiger partial charge is 0.328 e. The van der Waals surface area contributed by atoms with Crippen LogP contribution in [0.25, 0.3) is 11.2 Å². The Labute approximate surface area is 191 Å². The maximum atomic E-state index is 13.0. The number of aryl methyl sites for hydroxylation is 3. The molecule has 0 spiro atoms. The van der Waals surface area contributed by atoms with Crippen LogP contribution in [0.1, 0.15) is 25.0 Å².